The molecule has 7 heteroatoms. The first-order valence-corrected chi connectivity index (χ1v) is 9.81. The summed E-state index contributed by atoms with van der Waals surface area (Å²) in [5.74, 6) is -1.00. The van der Waals surface area contributed by atoms with Gasteiger partial charge in [-0.2, -0.15) is 0 Å². The predicted octanol–water partition coefficient (Wildman–Crippen LogP) is 0.868. The van der Waals surface area contributed by atoms with Gasteiger partial charge in [-0.3, -0.25) is 0 Å². The summed E-state index contributed by atoms with van der Waals surface area (Å²) < 4.78 is 27.5. The molecule has 0 aromatic heterocycles. The summed E-state index contributed by atoms with van der Waals surface area (Å²) in [6, 6.07) is 17.1. The molecule has 2 aromatic carbocycles. The molecule has 22 heavy (non-hydrogen) atoms. The van der Waals surface area contributed by atoms with Gasteiger partial charge in [0.2, 0.25) is 0 Å². The van der Waals surface area contributed by atoms with E-state index >= 15 is 0 Å². The molecule has 2 aromatic rings. The molecule has 0 fully saturated rings. The van der Waals surface area contributed by atoms with Crippen LogP contribution in [0.4, 0.5) is 0 Å². The Hall–Kier alpha value is -1.66. The van der Waals surface area contributed by atoms with Crippen molar-refractivity contribution in [2.24, 2.45) is 0 Å². The average molecular weight is 384 g/mol. The van der Waals surface area contributed by atoms with Gasteiger partial charge in [-0.25, -0.2) is 0 Å². The third kappa shape index (κ3) is 4.68. The maximum absolute atomic E-state index is 12.1. The van der Waals surface area contributed by atoms with E-state index in [1.54, 1.807) is 18.2 Å². The quantitative estimate of drug-likeness (QED) is 0.694. The van der Waals surface area contributed by atoms with Crippen LogP contribution in [0.1, 0.15) is 0 Å². The maximum atomic E-state index is 12.1. The van der Waals surface area contributed by atoms with Crippen LogP contribution in [0, 0.1) is 0 Å². The molecule has 0 bridgehead atoms. The minimum absolute atomic E-state index is 0.124. The van der Waals surface area contributed by atoms with Crippen LogP contribution in [-0.2, 0) is 14.8 Å². The zero-order chi connectivity index (χ0) is 16.0. The van der Waals surface area contributed by atoms with Crippen molar-refractivity contribution in [3.05, 3.63) is 60.7 Å². The summed E-state index contributed by atoms with van der Waals surface area (Å²) in [5, 5.41) is 9.28. The van der Waals surface area contributed by atoms with Gasteiger partial charge >= 0.3 is 135 Å². The van der Waals surface area contributed by atoms with Gasteiger partial charge in [-0.1, -0.05) is 0 Å². The Morgan fingerprint density at radius 1 is 1.05 bits per heavy atom. The fourth-order valence-corrected chi connectivity index (χ4v) is 4.93. The van der Waals surface area contributed by atoms with E-state index in [1.807, 2.05) is 30.3 Å². The molecule has 5 nitrogen and oxygen atoms in total. The number of hydrogen-bond donors (Lipinski definition) is 2. The number of rotatable bonds is 7. The number of carbonyl (C=O) groups is 1. The van der Waals surface area contributed by atoms with Crippen LogP contribution in [0.15, 0.2) is 65.6 Å². The van der Waals surface area contributed by atoms with Gasteiger partial charge in [0.15, 0.2) is 0 Å². The first kappa shape index (κ1) is 16.7. The van der Waals surface area contributed by atoms with E-state index in [2.05, 4.69) is 4.72 Å². The van der Waals surface area contributed by atoms with Gasteiger partial charge in [0.05, 0.1) is 0 Å². The van der Waals surface area contributed by atoms with E-state index < -0.39 is 20.8 Å². The minimum atomic E-state index is -3.68. The van der Waals surface area contributed by atoms with Crippen LogP contribution in [0.5, 0.6) is 0 Å². The second-order valence-corrected chi connectivity index (χ2v) is 8.87. The van der Waals surface area contributed by atoms with E-state index in [9.17, 15) is 18.3 Å². The molecule has 1 unspecified atom stereocenters. The Kier molecular flexibility index (Phi) is 5.74. The van der Waals surface area contributed by atoms with Gasteiger partial charge in [0.1, 0.15) is 0 Å². The molecule has 0 aliphatic rings. The van der Waals surface area contributed by atoms with Crippen molar-refractivity contribution in [2.75, 3.05) is 6.54 Å². The van der Waals surface area contributed by atoms with Gasteiger partial charge in [0, 0.05) is 0 Å². The van der Waals surface area contributed by atoms with Crippen molar-refractivity contribution in [2.45, 2.75) is 9.71 Å². The van der Waals surface area contributed by atoms with Gasteiger partial charge < -0.3 is 0 Å². The average Bonchev–Trinajstić information content (AvgIpc) is 2.53. The number of sulfonamides is 1. The van der Waals surface area contributed by atoms with Crippen LogP contribution in [0.25, 0.3) is 0 Å². The molecular weight excluding hydrogens is 369 g/mol. The van der Waals surface area contributed by atoms with E-state index in [1.165, 1.54) is 12.1 Å². The molecule has 0 saturated heterocycles. The SMILES string of the molecule is O=C(O)C(CNS(=O)(=O)c1ccccc1)[Se]c1ccccc1. The summed E-state index contributed by atoms with van der Waals surface area (Å²) in [5.41, 5.74) is 0. The Morgan fingerprint density at radius 2 is 1.59 bits per heavy atom. The van der Waals surface area contributed by atoms with E-state index in [4.69, 9.17) is 0 Å². The van der Waals surface area contributed by atoms with Crippen molar-refractivity contribution >= 4 is 35.4 Å². The summed E-state index contributed by atoms with van der Waals surface area (Å²) >= 11 is -0.355. The van der Waals surface area contributed by atoms with Gasteiger partial charge in [0.25, 0.3) is 0 Å². The van der Waals surface area contributed by atoms with Crippen LogP contribution >= 0.6 is 0 Å². The first-order valence-electron chi connectivity index (χ1n) is 6.48. The molecule has 1 atom stereocenters. The fraction of sp³-hybridized carbons (Fsp3) is 0.133. The predicted molar refractivity (Wildman–Crippen MR) is 84.8 cm³/mol. The van der Waals surface area contributed by atoms with Crippen molar-refractivity contribution in [1.29, 1.82) is 0 Å². The molecule has 2 rings (SSSR count). The zero-order valence-electron chi connectivity index (χ0n) is 11.5. The molecule has 0 aliphatic carbocycles. The van der Waals surface area contributed by atoms with Crippen LogP contribution in [0.3, 0.4) is 0 Å². The van der Waals surface area contributed by atoms with Gasteiger partial charge in [-0.05, 0) is 0 Å². The van der Waals surface area contributed by atoms with Crippen LogP contribution in [-0.4, -0.2) is 41.0 Å². The fourth-order valence-electron chi connectivity index (χ4n) is 1.71. The summed E-state index contributed by atoms with van der Waals surface area (Å²) in [6.07, 6.45) is 0. The van der Waals surface area contributed by atoms with Crippen LogP contribution in [0.2, 0.25) is 4.82 Å². The van der Waals surface area contributed by atoms with Crippen molar-refractivity contribution < 1.29 is 18.3 Å². The van der Waals surface area contributed by atoms with E-state index in [-0.39, 0.29) is 26.4 Å². The molecule has 0 heterocycles. The number of carboxylic acids is 1. The normalized spacial score (nSPS) is 12.7. The van der Waals surface area contributed by atoms with Crippen LogP contribution < -0.4 is 9.18 Å². The van der Waals surface area contributed by atoms with Crippen molar-refractivity contribution in [3.63, 3.8) is 0 Å². The Balaban J connectivity index is 2.05. The molecule has 2 N–H and O–H groups in total. The van der Waals surface area contributed by atoms with Crippen molar-refractivity contribution in [1.82, 2.24) is 4.72 Å². The molecule has 0 aliphatic heterocycles. The zero-order valence-corrected chi connectivity index (χ0v) is 14.1. The molecule has 0 radical (unpaired) electrons. The molecular formula is C15H15NO4SSe. The summed E-state index contributed by atoms with van der Waals surface area (Å²) in [7, 11) is -3.68. The number of aliphatic carboxylic acids is 1. The van der Waals surface area contributed by atoms with E-state index in [0.717, 1.165) is 4.46 Å². The second-order valence-electron chi connectivity index (χ2n) is 4.42. The molecule has 116 valence electrons. The van der Waals surface area contributed by atoms with Crippen molar-refractivity contribution in [3.8, 4) is 0 Å². The molecule has 0 amide bonds. The second kappa shape index (κ2) is 7.56. The summed E-state index contributed by atoms with van der Waals surface area (Å²) in [6.45, 7) is -0.124. The monoisotopic (exact) mass is 385 g/mol. The number of carboxylic acid groups (broad SMARTS) is 1. The third-order valence-electron chi connectivity index (χ3n) is 2.81. The molecule has 0 spiro atoms. The molecule has 0 saturated carbocycles. The number of benzene rings is 2. The van der Waals surface area contributed by atoms with E-state index in [0.29, 0.717) is 0 Å². The van der Waals surface area contributed by atoms with Gasteiger partial charge in [-0.15, -0.1) is 0 Å². The topological polar surface area (TPSA) is 83.5 Å². The number of hydrogen-bond acceptors (Lipinski definition) is 3. The third-order valence-corrected chi connectivity index (χ3v) is 6.76. The number of nitrogens with one attached hydrogen (secondary N) is 1. The standard InChI is InChI=1S/C15H15NO4SSe/c17-15(18)14(22-13-9-5-2-6-10-13)11-16-21(19,20)12-7-3-1-4-8-12/h1-10,14,16H,11H2,(H,17,18). The Labute approximate surface area is 135 Å². The first-order chi connectivity index (χ1) is 10.5. The Bertz CT molecular complexity index is 720. The summed E-state index contributed by atoms with van der Waals surface area (Å²) in [4.78, 5) is 10.7. The Morgan fingerprint density at radius 3 is 2.14 bits per heavy atom.